The van der Waals surface area contributed by atoms with Gasteiger partial charge in [-0.05, 0) is 24.5 Å². The summed E-state index contributed by atoms with van der Waals surface area (Å²) in [7, 11) is 3.44. The maximum Gasteiger partial charge on any atom is 0.407 e. The number of nitrogens with zero attached hydrogens (tertiary/aromatic N) is 6. The fourth-order valence-electron chi connectivity index (χ4n) is 3.90. The van der Waals surface area contributed by atoms with E-state index in [1.807, 2.05) is 54.6 Å². The van der Waals surface area contributed by atoms with Crippen LogP contribution in [0.1, 0.15) is 28.4 Å². The molecule has 10 nitrogen and oxygen atoms in total. The number of fused-ring (bicyclic) bond motifs is 1. The zero-order valence-electron chi connectivity index (χ0n) is 20.4. The first kappa shape index (κ1) is 25.2. The van der Waals surface area contributed by atoms with E-state index >= 15 is 0 Å². The molecule has 1 N–H and O–H groups in total. The highest BCUT2D eigenvalue weighted by Crippen LogP contribution is 2.31. The minimum absolute atomic E-state index is 0.175. The van der Waals surface area contributed by atoms with Crippen LogP contribution < -0.4 is 14.5 Å². The topological polar surface area (TPSA) is 112 Å². The molecular formula is C25H28N6O4S. The van der Waals surface area contributed by atoms with Crippen LogP contribution in [0, 0.1) is 0 Å². The molecule has 2 amide bonds. The van der Waals surface area contributed by atoms with Gasteiger partial charge in [-0.3, -0.25) is 9.78 Å². The molecule has 0 aliphatic carbocycles. The Bertz CT molecular complexity index is 1230. The number of carbonyl (C=O) groups is 2. The van der Waals surface area contributed by atoms with Crippen molar-refractivity contribution in [1.82, 2.24) is 19.9 Å². The Balaban J connectivity index is 1.59. The third kappa shape index (κ3) is 5.68. The first-order valence-electron chi connectivity index (χ1n) is 11.4. The Morgan fingerprint density at radius 1 is 1.25 bits per heavy atom. The quantitative estimate of drug-likeness (QED) is 0.358. The standard InChI is InChI=1S/C25H28N6O4S/c1-29-12-13-31(23(32)20-16-27-24(36-3)28-22(20)29)18-7-4-8-19(14-18)35-21(9-11-30(2)25(33)34)17-6-5-10-26-15-17/h4-8,10,14-16,21H,9,11-13H2,1-3H3,(H,33,34). The van der Waals surface area contributed by atoms with Crippen molar-refractivity contribution in [1.29, 1.82) is 0 Å². The number of likely N-dealkylation sites (N-methyl/N-ethyl adjacent to an activating group) is 1. The van der Waals surface area contributed by atoms with Crippen molar-refractivity contribution in [3.05, 3.63) is 66.1 Å². The molecule has 0 fully saturated rings. The molecule has 3 heterocycles. The predicted octanol–water partition coefficient (Wildman–Crippen LogP) is 3.81. The monoisotopic (exact) mass is 508 g/mol. The van der Waals surface area contributed by atoms with Gasteiger partial charge in [0, 0.05) is 76.1 Å². The SMILES string of the molecule is CSc1ncc2c(n1)N(C)CCN(c1cccc(OC(CCN(C)C(=O)O)c3cccnc3)c1)C2=O. The number of hydrogen-bond acceptors (Lipinski definition) is 8. The van der Waals surface area contributed by atoms with E-state index in [2.05, 4.69) is 15.0 Å². The number of carboxylic acid groups (broad SMARTS) is 1. The van der Waals surface area contributed by atoms with E-state index in [0.29, 0.717) is 54.0 Å². The smallest absolute Gasteiger partial charge is 0.407 e. The zero-order valence-corrected chi connectivity index (χ0v) is 21.2. The minimum Gasteiger partial charge on any atom is -0.486 e. The zero-order chi connectivity index (χ0) is 25.7. The third-order valence-corrected chi connectivity index (χ3v) is 6.50. The van der Waals surface area contributed by atoms with E-state index in [1.54, 1.807) is 23.5 Å². The van der Waals surface area contributed by atoms with Crippen LogP contribution in [-0.4, -0.2) is 76.9 Å². The van der Waals surface area contributed by atoms with Crippen molar-refractivity contribution in [2.45, 2.75) is 17.7 Å². The van der Waals surface area contributed by atoms with Crippen molar-refractivity contribution in [2.24, 2.45) is 0 Å². The molecule has 1 atom stereocenters. The van der Waals surface area contributed by atoms with E-state index in [9.17, 15) is 14.7 Å². The third-order valence-electron chi connectivity index (χ3n) is 5.94. The Morgan fingerprint density at radius 2 is 2.08 bits per heavy atom. The fourth-order valence-corrected chi connectivity index (χ4v) is 4.24. The largest absolute Gasteiger partial charge is 0.486 e. The number of thioether (sulfide) groups is 1. The highest BCUT2D eigenvalue weighted by atomic mass is 32.2. The van der Waals surface area contributed by atoms with Gasteiger partial charge in [-0.25, -0.2) is 14.8 Å². The summed E-state index contributed by atoms with van der Waals surface area (Å²) >= 11 is 1.43. The van der Waals surface area contributed by atoms with Crippen LogP contribution >= 0.6 is 11.8 Å². The molecule has 1 aliphatic rings. The average Bonchev–Trinajstić information content (AvgIpc) is 3.02. The van der Waals surface area contributed by atoms with Gasteiger partial charge in [0.05, 0.1) is 0 Å². The fraction of sp³-hybridized carbons (Fsp3) is 0.320. The normalized spacial score (nSPS) is 14.1. The summed E-state index contributed by atoms with van der Waals surface area (Å²) in [5.74, 6) is 1.01. The lowest BCUT2D eigenvalue weighted by atomic mass is 10.1. The number of pyridine rings is 1. The van der Waals surface area contributed by atoms with Gasteiger partial charge >= 0.3 is 6.09 Å². The van der Waals surface area contributed by atoms with Gasteiger partial charge in [0.1, 0.15) is 23.2 Å². The van der Waals surface area contributed by atoms with Gasteiger partial charge in [-0.2, -0.15) is 0 Å². The van der Waals surface area contributed by atoms with Gasteiger partial charge in [-0.15, -0.1) is 0 Å². The van der Waals surface area contributed by atoms with Crippen molar-refractivity contribution in [3.63, 3.8) is 0 Å². The van der Waals surface area contributed by atoms with Crippen molar-refractivity contribution in [2.75, 3.05) is 49.8 Å². The Morgan fingerprint density at radius 3 is 2.81 bits per heavy atom. The molecule has 0 bridgehead atoms. The summed E-state index contributed by atoms with van der Waals surface area (Å²) in [6.07, 6.45) is 5.90. The Hall–Kier alpha value is -3.86. The maximum atomic E-state index is 13.5. The van der Waals surface area contributed by atoms with Crippen molar-refractivity contribution < 1.29 is 19.4 Å². The second-order valence-corrected chi connectivity index (χ2v) is 9.13. The maximum absolute atomic E-state index is 13.5. The second kappa shape index (κ2) is 11.3. The van der Waals surface area contributed by atoms with Gasteiger partial charge in [-0.1, -0.05) is 23.9 Å². The molecule has 0 spiro atoms. The Kier molecular flexibility index (Phi) is 7.89. The molecule has 1 aliphatic heterocycles. The number of anilines is 2. The molecule has 1 aromatic carbocycles. The summed E-state index contributed by atoms with van der Waals surface area (Å²) in [6.45, 7) is 1.37. The van der Waals surface area contributed by atoms with Crippen molar-refractivity contribution >= 4 is 35.3 Å². The van der Waals surface area contributed by atoms with E-state index < -0.39 is 12.2 Å². The summed E-state index contributed by atoms with van der Waals surface area (Å²) < 4.78 is 6.31. The van der Waals surface area contributed by atoms with Crippen molar-refractivity contribution in [3.8, 4) is 5.75 Å². The molecule has 0 saturated carbocycles. The number of carbonyl (C=O) groups excluding carboxylic acids is 1. The summed E-state index contributed by atoms with van der Waals surface area (Å²) in [4.78, 5) is 42.6. The number of hydrogen-bond donors (Lipinski definition) is 1. The van der Waals surface area contributed by atoms with E-state index in [0.717, 1.165) is 5.56 Å². The molecule has 11 heteroatoms. The summed E-state index contributed by atoms with van der Waals surface area (Å²) in [5.41, 5.74) is 1.98. The second-order valence-electron chi connectivity index (χ2n) is 8.36. The van der Waals surface area contributed by atoms with Crippen LogP contribution in [0.2, 0.25) is 0 Å². The lowest BCUT2D eigenvalue weighted by Gasteiger charge is -2.24. The molecule has 2 aromatic heterocycles. The minimum atomic E-state index is -1.000. The number of rotatable bonds is 8. The van der Waals surface area contributed by atoms with Gasteiger partial charge < -0.3 is 24.5 Å². The van der Waals surface area contributed by atoms with Crippen LogP contribution in [0.4, 0.5) is 16.3 Å². The van der Waals surface area contributed by atoms with Crippen LogP contribution in [0.5, 0.6) is 5.75 Å². The number of aromatic nitrogens is 3. The first-order valence-corrected chi connectivity index (χ1v) is 12.6. The van der Waals surface area contributed by atoms with E-state index in [1.165, 1.54) is 23.7 Å². The van der Waals surface area contributed by atoms with E-state index in [-0.39, 0.29) is 5.91 Å². The summed E-state index contributed by atoms with van der Waals surface area (Å²) in [6, 6.07) is 11.1. The number of ether oxygens (including phenoxy) is 1. The van der Waals surface area contributed by atoms with E-state index in [4.69, 9.17) is 4.74 Å². The predicted molar refractivity (Wildman–Crippen MR) is 138 cm³/mol. The van der Waals surface area contributed by atoms with Gasteiger partial charge in [0.2, 0.25) is 0 Å². The van der Waals surface area contributed by atoms with Crippen LogP contribution in [0.25, 0.3) is 0 Å². The van der Waals surface area contributed by atoms with Gasteiger partial charge in [0.15, 0.2) is 5.16 Å². The Labute approximate surface area is 213 Å². The molecule has 0 radical (unpaired) electrons. The number of amides is 2. The molecule has 4 rings (SSSR count). The van der Waals surface area contributed by atoms with Crippen LogP contribution in [0.3, 0.4) is 0 Å². The number of benzene rings is 1. The van der Waals surface area contributed by atoms with Gasteiger partial charge in [0.25, 0.3) is 5.91 Å². The molecule has 188 valence electrons. The highest BCUT2D eigenvalue weighted by Gasteiger charge is 2.28. The average molecular weight is 509 g/mol. The molecular weight excluding hydrogens is 480 g/mol. The molecule has 0 saturated heterocycles. The highest BCUT2D eigenvalue weighted by molar-refractivity contribution is 7.98. The van der Waals surface area contributed by atoms with Crippen LogP contribution in [0.15, 0.2) is 60.1 Å². The van der Waals surface area contributed by atoms with Crippen LogP contribution in [-0.2, 0) is 0 Å². The lowest BCUT2D eigenvalue weighted by Crippen LogP contribution is -2.33. The molecule has 3 aromatic rings. The summed E-state index contributed by atoms with van der Waals surface area (Å²) in [5, 5.41) is 9.84. The first-order chi connectivity index (χ1) is 17.4. The lowest BCUT2D eigenvalue weighted by molar-refractivity contribution is 0.0989. The molecule has 1 unspecified atom stereocenters. The molecule has 36 heavy (non-hydrogen) atoms.